The molecule has 1 aliphatic heterocycles. The Morgan fingerprint density at radius 2 is 2.06 bits per heavy atom. The highest BCUT2D eigenvalue weighted by Gasteiger charge is 2.17. The molecule has 4 aromatic rings. The van der Waals surface area contributed by atoms with Crippen LogP contribution in [-0.2, 0) is 17.8 Å². The summed E-state index contributed by atoms with van der Waals surface area (Å²) in [7, 11) is 0. The summed E-state index contributed by atoms with van der Waals surface area (Å²) in [6.45, 7) is 4.76. The number of nitrogens with zero attached hydrogens (tertiary/aromatic N) is 2. The summed E-state index contributed by atoms with van der Waals surface area (Å²) in [6.07, 6.45) is 6.02. The van der Waals surface area contributed by atoms with Crippen molar-refractivity contribution in [2.75, 3.05) is 18.4 Å². The largest absolute Gasteiger partial charge is 0.393 e. The van der Waals surface area contributed by atoms with Crippen LogP contribution in [0.2, 0.25) is 0 Å². The summed E-state index contributed by atoms with van der Waals surface area (Å²) >= 11 is 1.59. The number of hydrogen-bond acceptors (Lipinski definition) is 5. The number of piperidine rings is 1. The Bertz CT molecular complexity index is 1330. The van der Waals surface area contributed by atoms with Gasteiger partial charge in [0, 0.05) is 35.6 Å². The van der Waals surface area contributed by atoms with Gasteiger partial charge in [0.05, 0.1) is 23.7 Å². The fourth-order valence-corrected chi connectivity index (χ4v) is 5.23. The third-order valence-electron chi connectivity index (χ3n) is 6.47. The number of aliphatic hydroxyl groups excluding tert-OH is 1. The highest BCUT2D eigenvalue weighted by atomic mass is 32.1. The van der Waals surface area contributed by atoms with E-state index in [0.29, 0.717) is 6.42 Å². The maximum Gasteiger partial charge on any atom is 0.229 e. The van der Waals surface area contributed by atoms with E-state index in [1.807, 2.05) is 42.6 Å². The number of carbonyl (C=O) groups excluding carboxylic acids is 1. The highest BCUT2D eigenvalue weighted by molar-refractivity contribution is 7.10. The molecule has 7 heteroatoms. The minimum absolute atomic E-state index is 0.0180. The Morgan fingerprint density at radius 1 is 1.20 bits per heavy atom. The molecule has 0 atom stereocenters. The fraction of sp³-hybridized carbons (Fsp3) is 0.286. The lowest BCUT2D eigenvalue weighted by Gasteiger charge is -2.29. The summed E-state index contributed by atoms with van der Waals surface area (Å²) in [5.74, 6) is -0.0180. The Labute approximate surface area is 209 Å². The minimum atomic E-state index is -0.150. The van der Waals surface area contributed by atoms with Crippen LogP contribution >= 0.6 is 11.3 Å². The molecule has 5 rings (SSSR count). The molecule has 0 saturated carbocycles. The number of aromatic nitrogens is 2. The van der Waals surface area contributed by atoms with Crippen molar-refractivity contribution in [1.29, 1.82) is 0 Å². The molecule has 3 heterocycles. The molecule has 35 heavy (non-hydrogen) atoms. The number of aliphatic hydroxyl groups is 1. The fourth-order valence-electron chi connectivity index (χ4n) is 4.53. The van der Waals surface area contributed by atoms with Gasteiger partial charge in [-0.3, -0.25) is 14.8 Å². The molecule has 1 fully saturated rings. The molecule has 0 unspecified atom stereocenters. The van der Waals surface area contributed by atoms with Crippen LogP contribution in [-0.4, -0.2) is 45.3 Å². The normalized spacial score (nSPS) is 15.3. The quantitative estimate of drug-likeness (QED) is 0.334. The Morgan fingerprint density at radius 3 is 2.86 bits per heavy atom. The Hall–Kier alpha value is -3.26. The van der Waals surface area contributed by atoms with Gasteiger partial charge >= 0.3 is 0 Å². The number of H-pyrrole nitrogens is 1. The molecule has 0 aliphatic carbocycles. The van der Waals surface area contributed by atoms with Crippen molar-refractivity contribution in [3.05, 3.63) is 81.2 Å². The van der Waals surface area contributed by atoms with Gasteiger partial charge in [-0.1, -0.05) is 36.4 Å². The van der Waals surface area contributed by atoms with Crippen LogP contribution in [0.5, 0.6) is 0 Å². The lowest BCUT2D eigenvalue weighted by atomic mass is 10.1. The Kier molecular flexibility index (Phi) is 7.08. The molecule has 2 aromatic carbocycles. The standard InChI is InChI=1S/C28H30N4O2S/c1-19-14-27-24(17-26(19)29-28(34)16-23-6-3-13-35-23)25(30-31-27)8-7-20-4-2-5-21(15-20)18-32-11-9-22(33)10-12-32/h2-8,13-15,17,22,33H,9-12,16,18H2,1H3,(H,29,34)(H,30,31). The molecule has 1 amide bonds. The van der Waals surface area contributed by atoms with E-state index in [0.717, 1.165) is 70.8 Å². The van der Waals surface area contributed by atoms with E-state index in [4.69, 9.17) is 0 Å². The number of amides is 1. The van der Waals surface area contributed by atoms with Crippen molar-refractivity contribution in [1.82, 2.24) is 15.1 Å². The van der Waals surface area contributed by atoms with E-state index in [2.05, 4.69) is 50.8 Å². The number of aromatic amines is 1. The van der Waals surface area contributed by atoms with Gasteiger partial charge in [0.2, 0.25) is 5.91 Å². The van der Waals surface area contributed by atoms with Crippen LogP contribution in [0.25, 0.3) is 23.1 Å². The first-order valence-corrected chi connectivity index (χ1v) is 12.9. The van der Waals surface area contributed by atoms with E-state index in [9.17, 15) is 9.90 Å². The van der Waals surface area contributed by atoms with Gasteiger partial charge in [-0.2, -0.15) is 5.10 Å². The number of likely N-dealkylation sites (tertiary alicyclic amines) is 1. The zero-order valence-corrected chi connectivity index (χ0v) is 20.6. The lowest BCUT2D eigenvalue weighted by Crippen LogP contribution is -2.35. The first-order chi connectivity index (χ1) is 17.0. The van der Waals surface area contributed by atoms with Crippen molar-refractivity contribution in [2.24, 2.45) is 0 Å². The van der Waals surface area contributed by atoms with E-state index < -0.39 is 0 Å². The number of benzene rings is 2. The predicted molar refractivity (Wildman–Crippen MR) is 143 cm³/mol. The second-order valence-corrected chi connectivity index (χ2v) is 10.2. The summed E-state index contributed by atoms with van der Waals surface area (Å²) in [5, 5.41) is 23.4. The predicted octanol–water partition coefficient (Wildman–Crippen LogP) is 5.24. The van der Waals surface area contributed by atoms with Crippen molar-refractivity contribution in [3.63, 3.8) is 0 Å². The molecule has 2 aromatic heterocycles. The molecule has 0 bridgehead atoms. The number of anilines is 1. The first-order valence-electron chi connectivity index (χ1n) is 12.0. The number of carbonyl (C=O) groups is 1. The van der Waals surface area contributed by atoms with Gasteiger partial charge in [-0.25, -0.2) is 0 Å². The van der Waals surface area contributed by atoms with Crippen LogP contribution in [0, 0.1) is 6.92 Å². The zero-order chi connectivity index (χ0) is 24.2. The third kappa shape index (κ3) is 5.88. The molecule has 0 spiro atoms. The van der Waals surface area contributed by atoms with E-state index >= 15 is 0 Å². The number of thiophene rings is 1. The van der Waals surface area contributed by atoms with Gasteiger partial charge in [0.1, 0.15) is 0 Å². The number of rotatable bonds is 7. The highest BCUT2D eigenvalue weighted by Crippen LogP contribution is 2.26. The third-order valence-corrected chi connectivity index (χ3v) is 7.35. The van der Waals surface area contributed by atoms with Crippen LogP contribution in [0.4, 0.5) is 5.69 Å². The zero-order valence-electron chi connectivity index (χ0n) is 19.8. The van der Waals surface area contributed by atoms with Crippen molar-refractivity contribution >= 4 is 46.0 Å². The lowest BCUT2D eigenvalue weighted by molar-refractivity contribution is -0.115. The second-order valence-electron chi connectivity index (χ2n) is 9.21. The van der Waals surface area contributed by atoms with Crippen LogP contribution in [0.3, 0.4) is 0 Å². The summed E-state index contributed by atoms with van der Waals surface area (Å²) in [6, 6.07) is 16.5. The van der Waals surface area contributed by atoms with E-state index in [-0.39, 0.29) is 12.0 Å². The summed E-state index contributed by atoms with van der Waals surface area (Å²) in [4.78, 5) is 16.0. The average Bonchev–Trinajstić information content (AvgIpc) is 3.49. The molecule has 3 N–H and O–H groups in total. The minimum Gasteiger partial charge on any atom is -0.393 e. The van der Waals surface area contributed by atoms with Gasteiger partial charge in [0.15, 0.2) is 0 Å². The molecule has 0 radical (unpaired) electrons. The number of nitrogens with one attached hydrogen (secondary N) is 2. The molecular weight excluding hydrogens is 456 g/mol. The van der Waals surface area contributed by atoms with Crippen molar-refractivity contribution < 1.29 is 9.90 Å². The number of fused-ring (bicyclic) bond motifs is 1. The van der Waals surface area contributed by atoms with E-state index in [1.54, 1.807) is 11.3 Å². The van der Waals surface area contributed by atoms with Crippen molar-refractivity contribution in [2.45, 2.75) is 38.8 Å². The number of hydrogen-bond donors (Lipinski definition) is 3. The molecule has 1 aliphatic rings. The summed E-state index contributed by atoms with van der Waals surface area (Å²) in [5.41, 5.74) is 5.97. The topological polar surface area (TPSA) is 81.2 Å². The number of aryl methyl sites for hydroxylation is 1. The van der Waals surface area contributed by atoms with Gasteiger partial charge in [-0.15, -0.1) is 11.3 Å². The van der Waals surface area contributed by atoms with Gasteiger partial charge in [-0.05, 0) is 66.1 Å². The molecule has 1 saturated heterocycles. The van der Waals surface area contributed by atoms with Crippen LogP contribution in [0.1, 0.15) is 40.1 Å². The van der Waals surface area contributed by atoms with Crippen LogP contribution < -0.4 is 5.32 Å². The maximum atomic E-state index is 12.5. The van der Waals surface area contributed by atoms with Gasteiger partial charge in [0.25, 0.3) is 0 Å². The van der Waals surface area contributed by atoms with Crippen molar-refractivity contribution in [3.8, 4) is 0 Å². The van der Waals surface area contributed by atoms with Gasteiger partial charge < -0.3 is 10.4 Å². The maximum absolute atomic E-state index is 12.5. The Balaban J connectivity index is 1.30. The first kappa shape index (κ1) is 23.5. The smallest absolute Gasteiger partial charge is 0.229 e. The molecule has 6 nitrogen and oxygen atoms in total. The van der Waals surface area contributed by atoms with E-state index in [1.165, 1.54) is 5.56 Å². The molecule has 180 valence electrons. The summed E-state index contributed by atoms with van der Waals surface area (Å²) < 4.78 is 0. The monoisotopic (exact) mass is 486 g/mol. The molecular formula is C28H30N4O2S. The van der Waals surface area contributed by atoms with Crippen LogP contribution in [0.15, 0.2) is 53.9 Å². The SMILES string of the molecule is Cc1cc2[nH]nc(C=Cc3cccc(CN4CCC(O)CC4)c3)c2cc1NC(=O)Cc1cccs1. The average molecular weight is 487 g/mol. The second kappa shape index (κ2) is 10.6.